The molecule has 10 nitrogen and oxygen atoms in total. The molecule has 0 atom stereocenters. The summed E-state index contributed by atoms with van der Waals surface area (Å²) in [6.45, 7) is 20.1. The third kappa shape index (κ3) is 19.1. The van der Waals surface area contributed by atoms with Crippen molar-refractivity contribution < 1.29 is 0 Å². The molecule has 0 aliphatic carbocycles. The van der Waals surface area contributed by atoms with E-state index in [9.17, 15) is 0 Å². The van der Waals surface area contributed by atoms with Crippen LogP contribution in [0.25, 0.3) is 0 Å². The standard InChI is InChI=1S/C22H56N10/c1-3-12-30(13-5-24)16-10-28-11-18-32(17-9-27-8-4-23)22-20-29(2)19-21-31(14-6-25)15-7-26/h27-28H,3-26H2,1-2H3. The van der Waals surface area contributed by atoms with Crippen molar-refractivity contribution in [3.8, 4) is 0 Å². The van der Waals surface area contributed by atoms with Gasteiger partial charge in [0.2, 0.25) is 0 Å². The lowest BCUT2D eigenvalue weighted by Crippen LogP contribution is -2.44. The Morgan fingerprint density at radius 2 is 0.875 bits per heavy atom. The molecule has 0 heterocycles. The van der Waals surface area contributed by atoms with E-state index in [-0.39, 0.29) is 0 Å². The molecule has 0 saturated carbocycles. The van der Waals surface area contributed by atoms with Crippen LogP contribution in [0.3, 0.4) is 0 Å². The highest BCUT2D eigenvalue weighted by Gasteiger charge is 2.09. The zero-order valence-corrected chi connectivity index (χ0v) is 21.2. The monoisotopic (exact) mass is 460 g/mol. The first-order valence-electron chi connectivity index (χ1n) is 12.7. The maximum absolute atomic E-state index is 5.72. The number of nitrogens with zero attached hydrogens (tertiary/aromatic N) is 4. The van der Waals surface area contributed by atoms with Crippen LogP contribution in [0.2, 0.25) is 0 Å². The van der Waals surface area contributed by atoms with Gasteiger partial charge in [-0.15, -0.1) is 0 Å². The van der Waals surface area contributed by atoms with Gasteiger partial charge in [0.25, 0.3) is 0 Å². The minimum absolute atomic E-state index is 0.683. The van der Waals surface area contributed by atoms with Gasteiger partial charge in [-0.1, -0.05) is 6.92 Å². The van der Waals surface area contributed by atoms with E-state index in [1.165, 1.54) is 6.42 Å². The second-order valence-electron chi connectivity index (χ2n) is 8.48. The number of nitrogens with one attached hydrogen (secondary N) is 2. The highest BCUT2D eigenvalue weighted by atomic mass is 15.2. The van der Waals surface area contributed by atoms with Crippen LogP contribution in [0, 0.1) is 0 Å². The Hall–Kier alpha value is -0.400. The first-order chi connectivity index (χ1) is 15.6. The number of hydrogen-bond donors (Lipinski definition) is 6. The lowest BCUT2D eigenvalue weighted by molar-refractivity contribution is 0.198. The van der Waals surface area contributed by atoms with Crippen LogP contribution in [0.5, 0.6) is 0 Å². The van der Waals surface area contributed by atoms with Crippen LogP contribution in [0.15, 0.2) is 0 Å². The molecule has 0 saturated heterocycles. The van der Waals surface area contributed by atoms with Gasteiger partial charge in [0.15, 0.2) is 0 Å². The van der Waals surface area contributed by atoms with Gasteiger partial charge in [0.1, 0.15) is 0 Å². The minimum atomic E-state index is 0.683. The van der Waals surface area contributed by atoms with Gasteiger partial charge >= 0.3 is 0 Å². The summed E-state index contributed by atoms with van der Waals surface area (Å²) in [5.74, 6) is 0. The summed E-state index contributed by atoms with van der Waals surface area (Å²) in [7, 11) is 2.20. The van der Waals surface area contributed by atoms with Gasteiger partial charge < -0.3 is 43.4 Å². The number of nitrogens with two attached hydrogens (primary N) is 4. The summed E-state index contributed by atoms with van der Waals surface area (Å²) in [4.78, 5) is 9.73. The fourth-order valence-electron chi connectivity index (χ4n) is 3.67. The van der Waals surface area contributed by atoms with Crippen LogP contribution in [0.1, 0.15) is 13.3 Å². The zero-order valence-electron chi connectivity index (χ0n) is 21.2. The molecule has 0 aromatic heterocycles. The number of likely N-dealkylation sites (N-methyl/N-ethyl adjacent to an activating group) is 1. The Morgan fingerprint density at radius 1 is 0.469 bits per heavy atom. The molecular formula is C22H56N10. The summed E-state index contributed by atoms with van der Waals surface area (Å²) < 4.78 is 0. The summed E-state index contributed by atoms with van der Waals surface area (Å²) in [5.41, 5.74) is 22.8. The molecule has 0 amide bonds. The molecule has 32 heavy (non-hydrogen) atoms. The molecule has 0 fully saturated rings. The first kappa shape index (κ1) is 31.6. The highest BCUT2D eigenvalue weighted by molar-refractivity contribution is 4.68. The van der Waals surface area contributed by atoms with E-state index >= 15 is 0 Å². The van der Waals surface area contributed by atoms with Gasteiger partial charge in [-0.3, -0.25) is 9.80 Å². The molecule has 0 rings (SSSR count). The van der Waals surface area contributed by atoms with Crippen molar-refractivity contribution >= 4 is 0 Å². The molecule has 0 aromatic rings. The van der Waals surface area contributed by atoms with Crippen molar-refractivity contribution in [3.63, 3.8) is 0 Å². The molecule has 0 bridgehead atoms. The van der Waals surface area contributed by atoms with Gasteiger partial charge in [-0.2, -0.15) is 0 Å². The third-order valence-electron chi connectivity index (χ3n) is 5.61. The lowest BCUT2D eigenvalue weighted by Gasteiger charge is -2.28. The topological polar surface area (TPSA) is 141 Å². The molecule has 0 spiro atoms. The predicted molar refractivity (Wildman–Crippen MR) is 139 cm³/mol. The number of rotatable bonds is 25. The summed E-state index contributed by atoms with van der Waals surface area (Å²) in [6.07, 6.45) is 1.17. The van der Waals surface area contributed by atoms with Crippen LogP contribution in [0.4, 0.5) is 0 Å². The van der Waals surface area contributed by atoms with E-state index in [4.69, 9.17) is 22.9 Å². The highest BCUT2D eigenvalue weighted by Crippen LogP contribution is 1.93. The van der Waals surface area contributed by atoms with Gasteiger partial charge in [-0.05, 0) is 20.0 Å². The zero-order chi connectivity index (χ0) is 23.9. The molecular weight excluding hydrogens is 404 g/mol. The Labute approximate surface area is 198 Å². The molecule has 0 aliphatic rings. The van der Waals surface area contributed by atoms with Crippen molar-refractivity contribution in [1.29, 1.82) is 0 Å². The van der Waals surface area contributed by atoms with Crippen molar-refractivity contribution in [2.75, 3.05) is 131 Å². The minimum Gasteiger partial charge on any atom is -0.329 e. The lowest BCUT2D eigenvalue weighted by atomic mass is 10.3. The van der Waals surface area contributed by atoms with E-state index in [0.717, 1.165) is 105 Å². The van der Waals surface area contributed by atoms with E-state index in [0.29, 0.717) is 19.6 Å². The van der Waals surface area contributed by atoms with E-state index in [1.807, 2.05) is 0 Å². The van der Waals surface area contributed by atoms with Crippen LogP contribution >= 0.6 is 0 Å². The Morgan fingerprint density at radius 3 is 1.28 bits per heavy atom. The first-order valence-corrected chi connectivity index (χ1v) is 12.7. The Bertz CT molecular complexity index is 363. The van der Waals surface area contributed by atoms with Gasteiger partial charge in [-0.25, -0.2) is 0 Å². The van der Waals surface area contributed by atoms with E-state index in [2.05, 4.69) is 44.2 Å². The quantitative estimate of drug-likeness (QED) is 0.0794. The Kier molecular flexibility index (Phi) is 23.5. The van der Waals surface area contributed by atoms with Crippen LogP contribution in [-0.4, -0.2) is 151 Å². The van der Waals surface area contributed by atoms with Crippen molar-refractivity contribution in [2.45, 2.75) is 13.3 Å². The van der Waals surface area contributed by atoms with Crippen molar-refractivity contribution in [3.05, 3.63) is 0 Å². The molecule has 0 radical (unpaired) electrons. The second kappa shape index (κ2) is 23.7. The normalized spacial score (nSPS) is 12.2. The third-order valence-corrected chi connectivity index (χ3v) is 5.61. The predicted octanol–water partition coefficient (Wildman–Crippen LogP) is -2.75. The van der Waals surface area contributed by atoms with Crippen LogP contribution in [-0.2, 0) is 0 Å². The molecule has 10 N–H and O–H groups in total. The Balaban J connectivity index is 4.27. The smallest absolute Gasteiger partial charge is 0.0110 e. The SMILES string of the molecule is CCCN(CCN)CCNCCN(CCNCCN)CCN(C)CCN(CCN)CCN. The number of hydrogen-bond acceptors (Lipinski definition) is 10. The summed E-state index contributed by atoms with van der Waals surface area (Å²) >= 11 is 0. The van der Waals surface area contributed by atoms with Crippen molar-refractivity contribution in [2.24, 2.45) is 22.9 Å². The summed E-state index contributed by atoms with van der Waals surface area (Å²) in [6, 6.07) is 0. The van der Waals surface area contributed by atoms with Gasteiger partial charge in [0.05, 0.1) is 0 Å². The average Bonchev–Trinajstić information content (AvgIpc) is 2.78. The fraction of sp³-hybridized carbons (Fsp3) is 1.00. The van der Waals surface area contributed by atoms with Crippen molar-refractivity contribution in [1.82, 2.24) is 30.2 Å². The maximum atomic E-state index is 5.72. The average molecular weight is 461 g/mol. The van der Waals surface area contributed by atoms with Gasteiger partial charge in [0, 0.05) is 118 Å². The molecule has 0 aliphatic heterocycles. The molecule has 0 aromatic carbocycles. The van der Waals surface area contributed by atoms with E-state index in [1.54, 1.807) is 0 Å². The molecule has 194 valence electrons. The maximum Gasteiger partial charge on any atom is 0.0110 e. The molecule has 0 unspecified atom stereocenters. The largest absolute Gasteiger partial charge is 0.329 e. The second-order valence-corrected chi connectivity index (χ2v) is 8.48. The summed E-state index contributed by atoms with van der Waals surface area (Å²) in [5, 5.41) is 7.03. The van der Waals surface area contributed by atoms with E-state index < -0.39 is 0 Å². The molecule has 10 heteroatoms. The fourth-order valence-corrected chi connectivity index (χ4v) is 3.67. The van der Waals surface area contributed by atoms with Crippen LogP contribution < -0.4 is 33.6 Å².